The molecule has 8 aromatic rings. The maximum atomic E-state index is 2.75. The van der Waals surface area contributed by atoms with E-state index in [0.717, 1.165) is 12.8 Å². The Labute approximate surface area is 462 Å². The quantitative estimate of drug-likeness (QED) is 0.153. The molecule has 2 heterocycles. The predicted octanol–water partition coefficient (Wildman–Crippen LogP) is 17.7. The van der Waals surface area contributed by atoms with Crippen molar-refractivity contribution in [2.75, 3.05) is 9.80 Å². The summed E-state index contributed by atoms with van der Waals surface area (Å²) in [7, 11) is 0. The average Bonchev–Trinajstić information content (AvgIpc) is 3.90. The number of hydrogen-bond donors (Lipinski definition) is 0. The van der Waals surface area contributed by atoms with Crippen molar-refractivity contribution in [2.45, 2.75) is 168 Å². The Morgan fingerprint density at radius 2 is 1.03 bits per heavy atom. The zero-order valence-corrected chi connectivity index (χ0v) is 48.8. The molecule has 8 aromatic carbocycles. The third-order valence-corrected chi connectivity index (χ3v) is 19.8. The van der Waals surface area contributed by atoms with Crippen LogP contribution in [0.4, 0.5) is 34.1 Å². The topological polar surface area (TPSA) is 6.48 Å². The third kappa shape index (κ3) is 7.55. The largest absolute Gasteiger partial charge is 0.311 e. The molecule has 13 rings (SSSR count). The van der Waals surface area contributed by atoms with Gasteiger partial charge in [0.05, 0.1) is 5.69 Å². The fourth-order valence-corrected chi connectivity index (χ4v) is 15.7. The van der Waals surface area contributed by atoms with Crippen molar-refractivity contribution in [1.29, 1.82) is 0 Å². The van der Waals surface area contributed by atoms with Crippen LogP contribution in [0.25, 0.3) is 11.1 Å². The Hall–Kier alpha value is -6.58. The van der Waals surface area contributed by atoms with Gasteiger partial charge in [-0.1, -0.05) is 205 Å². The molecular formula is C74H79BN2. The van der Waals surface area contributed by atoms with Gasteiger partial charge in [-0.3, -0.25) is 0 Å². The van der Waals surface area contributed by atoms with Gasteiger partial charge in [-0.15, -0.1) is 0 Å². The summed E-state index contributed by atoms with van der Waals surface area (Å²) in [6, 6.07) is 60.3. The van der Waals surface area contributed by atoms with E-state index in [2.05, 4.69) is 265 Å². The first-order valence-electron chi connectivity index (χ1n) is 29.0. The molecule has 0 radical (unpaired) electrons. The highest BCUT2D eigenvalue weighted by Gasteiger charge is 2.50. The van der Waals surface area contributed by atoms with Crippen molar-refractivity contribution in [3.63, 3.8) is 0 Å². The minimum atomic E-state index is -0.182. The molecule has 0 unspecified atom stereocenters. The molecule has 388 valence electrons. The van der Waals surface area contributed by atoms with Crippen LogP contribution >= 0.6 is 0 Å². The number of hydrogen-bond acceptors (Lipinski definition) is 2. The highest BCUT2D eigenvalue weighted by atomic mass is 15.2. The molecule has 0 aromatic heterocycles. The monoisotopic (exact) mass is 1010 g/mol. The van der Waals surface area contributed by atoms with E-state index in [1.54, 1.807) is 0 Å². The second-order valence-electron chi connectivity index (χ2n) is 28.5. The number of aryl methyl sites for hydroxylation is 2. The molecule has 0 atom stereocenters. The molecule has 0 fully saturated rings. The Balaban J connectivity index is 1.12. The second-order valence-corrected chi connectivity index (χ2v) is 28.5. The molecule has 0 amide bonds. The molecule has 5 aliphatic rings. The fourth-order valence-electron chi connectivity index (χ4n) is 15.7. The van der Waals surface area contributed by atoms with Gasteiger partial charge >= 0.3 is 0 Å². The molecule has 2 aliphatic heterocycles. The van der Waals surface area contributed by atoms with Gasteiger partial charge in [-0.2, -0.15) is 0 Å². The minimum Gasteiger partial charge on any atom is -0.311 e. The van der Waals surface area contributed by atoms with Crippen molar-refractivity contribution < 1.29 is 0 Å². The van der Waals surface area contributed by atoms with E-state index in [1.807, 2.05) is 0 Å². The zero-order valence-electron chi connectivity index (χ0n) is 48.8. The molecule has 0 N–H and O–H groups in total. The van der Waals surface area contributed by atoms with E-state index in [9.17, 15) is 0 Å². The van der Waals surface area contributed by atoms with E-state index in [0.29, 0.717) is 0 Å². The van der Waals surface area contributed by atoms with Gasteiger partial charge < -0.3 is 9.80 Å². The first-order chi connectivity index (χ1) is 36.4. The lowest BCUT2D eigenvalue weighted by Crippen LogP contribution is -2.61. The fraction of sp³-hybridized carbons (Fsp3) is 0.351. The maximum absolute atomic E-state index is 2.75. The van der Waals surface area contributed by atoms with Gasteiger partial charge in [-0.05, 0) is 192 Å². The van der Waals surface area contributed by atoms with Crippen LogP contribution in [0.2, 0.25) is 0 Å². The summed E-state index contributed by atoms with van der Waals surface area (Å²) < 4.78 is 0. The summed E-state index contributed by atoms with van der Waals surface area (Å²) >= 11 is 0. The van der Waals surface area contributed by atoms with Crippen LogP contribution in [0.3, 0.4) is 0 Å². The van der Waals surface area contributed by atoms with Crippen molar-refractivity contribution in [1.82, 2.24) is 0 Å². The van der Waals surface area contributed by atoms with Crippen molar-refractivity contribution in [3.8, 4) is 11.1 Å². The van der Waals surface area contributed by atoms with Gasteiger partial charge in [0.25, 0.3) is 6.71 Å². The summed E-state index contributed by atoms with van der Waals surface area (Å²) in [5, 5.41) is 0. The minimum absolute atomic E-state index is 0.0131. The van der Waals surface area contributed by atoms with E-state index >= 15 is 0 Å². The lowest BCUT2D eigenvalue weighted by Gasteiger charge is -2.47. The van der Waals surface area contributed by atoms with Crippen LogP contribution < -0.4 is 26.2 Å². The normalized spacial score (nSPS) is 18.3. The molecule has 3 aliphatic carbocycles. The van der Waals surface area contributed by atoms with Gasteiger partial charge in [0.1, 0.15) is 0 Å². The Morgan fingerprint density at radius 1 is 0.468 bits per heavy atom. The van der Waals surface area contributed by atoms with Gasteiger partial charge in [0, 0.05) is 45.3 Å². The van der Waals surface area contributed by atoms with Gasteiger partial charge in [-0.25, -0.2) is 0 Å². The molecule has 77 heavy (non-hydrogen) atoms. The Bertz CT molecular complexity index is 3710. The van der Waals surface area contributed by atoms with Crippen molar-refractivity contribution in [3.05, 3.63) is 218 Å². The van der Waals surface area contributed by atoms with E-state index in [4.69, 9.17) is 0 Å². The standard InChI is InChI=1S/C74H79BN2/c1-45-35-65-68-66(36-45)77(62-42-57-55(37-46(62)2)70(6,7)33-34-71(57,8)9)64-43-58-56(72(10,11)44-73(58,12)13)41-60(64)75(68)59-32-29-47(38-52(48-23-18-16-19-24-48)49-25-20-17-21-26-49)39-63(59)76(65)61-28-22-27-53-67(61)51-31-30-50(69(3,4)5)40-54(51)74(53,14)15/h16-32,35-37,39-43,52H,33-34,38,44H2,1-15H3. The lowest BCUT2D eigenvalue weighted by atomic mass is 9.33. The number of nitrogens with zero attached hydrogens (tertiary/aromatic N) is 2. The summed E-state index contributed by atoms with van der Waals surface area (Å²) in [5.41, 5.74) is 31.6. The first-order valence-corrected chi connectivity index (χ1v) is 29.0. The zero-order chi connectivity index (χ0) is 54.1. The molecule has 2 nitrogen and oxygen atoms in total. The van der Waals surface area contributed by atoms with E-state index in [1.165, 1.54) is 141 Å². The molecule has 3 heteroatoms. The molecule has 0 saturated heterocycles. The molecule has 0 bridgehead atoms. The Kier molecular flexibility index (Phi) is 10.8. The van der Waals surface area contributed by atoms with Crippen LogP contribution in [-0.4, -0.2) is 6.71 Å². The average molecular weight is 1010 g/mol. The van der Waals surface area contributed by atoms with Crippen LogP contribution in [0.1, 0.15) is 182 Å². The number of fused-ring (bicyclic) bond motifs is 9. The van der Waals surface area contributed by atoms with E-state index in [-0.39, 0.29) is 45.1 Å². The highest BCUT2D eigenvalue weighted by Crippen LogP contribution is 2.58. The SMILES string of the molecule is Cc1cc2c3c(c1)N(c1cccc4c1-c1ccc(C(C)(C)C)cc1C4(C)C)c1cc(CC(c4ccccc4)c4ccccc4)ccc1B3c1cc3c(cc1N2c1cc2c(cc1C)C(C)(C)CCC2(C)C)C(C)(C)CC3(C)C. The van der Waals surface area contributed by atoms with Crippen LogP contribution in [0.5, 0.6) is 0 Å². The molecular weight excluding hydrogens is 928 g/mol. The summed E-state index contributed by atoms with van der Waals surface area (Å²) in [5.74, 6) is 0.201. The third-order valence-electron chi connectivity index (χ3n) is 19.8. The number of rotatable bonds is 6. The number of benzene rings is 8. The van der Waals surface area contributed by atoms with Crippen molar-refractivity contribution in [2.24, 2.45) is 0 Å². The predicted molar refractivity (Wildman–Crippen MR) is 331 cm³/mol. The lowest BCUT2D eigenvalue weighted by molar-refractivity contribution is 0.332. The van der Waals surface area contributed by atoms with Gasteiger partial charge in [0.15, 0.2) is 0 Å². The molecule has 0 saturated carbocycles. The summed E-state index contributed by atoms with van der Waals surface area (Å²) in [4.78, 5) is 5.48. The highest BCUT2D eigenvalue weighted by molar-refractivity contribution is 7.00. The number of anilines is 6. The Morgan fingerprint density at radius 3 is 1.65 bits per heavy atom. The van der Waals surface area contributed by atoms with Crippen molar-refractivity contribution >= 4 is 57.2 Å². The van der Waals surface area contributed by atoms with Gasteiger partial charge in [0.2, 0.25) is 0 Å². The van der Waals surface area contributed by atoms with Crippen LogP contribution in [-0.2, 0) is 38.9 Å². The van der Waals surface area contributed by atoms with Crippen LogP contribution in [0.15, 0.2) is 152 Å². The molecule has 0 spiro atoms. The van der Waals surface area contributed by atoms with E-state index < -0.39 is 0 Å². The first kappa shape index (κ1) is 50.0. The summed E-state index contributed by atoms with van der Waals surface area (Å²) in [6.07, 6.45) is 4.37. The smallest absolute Gasteiger partial charge is 0.252 e. The second kappa shape index (κ2) is 16.7. The summed E-state index contributed by atoms with van der Waals surface area (Å²) in [6.45, 7) is 36.6. The van der Waals surface area contributed by atoms with Crippen LogP contribution in [0, 0.1) is 13.8 Å². The maximum Gasteiger partial charge on any atom is 0.252 e.